The number of methoxy groups -OCH3 is 1. The van der Waals surface area contributed by atoms with E-state index in [-0.39, 0.29) is 17.3 Å². The Morgan fingerprint density at radius 3 is 2.24 bits per heavy atom. The predicted octanol–water partition coefficient (Wildman–Crippen LogP) is 1.94. The number of aryl methyl sites for hydroxylation is 2. The third-order valence-corrected chi connectivity index (χ3v) is 6.67. The SMILES string of the molecule is COc1ccc(N2CCN(C(=O)CNS(=O)(=O)c3ccc(C)c(C)c3)CC2)cc1. The van der Waals surface area contributed by atoms with Crippen molar-refractivity contribution in [1.29, 1.82) is 0 Å². The summed E-state index contributed by atoms with van der Waals surface area (Å²) in [6, 6.07) is 12.8. The summed E-state index contributed by atoms with van der Waals surface area (Å²) in [7, 11) is -2.08. The highest BCUT2D eigenvalue weighted by Gasteiger charge is 2.23. The van der Waals surface area contributed by atoms with Gasteiger partial charge in [-0.2, -0.15) is 0 Å². The molecule has 0 radical (unpaired) electrons. The number of nitrogens with one attached hydrogen (secondary N) is 1. The molecule has 0 unspecified atom stereocenters. The highest BCUT2D eigenvalue weighted by atomic mass is 32.2. The first-order chi connectivity index (χ1) is 13.8. The third-order valence-electron chi connectivity index (χ3n) is 5.27. The second-order valence-electron chi connectivity index (χ2n) is 7.14. The van der Waals surface area contributed by atoms with Crippen molar-refractivity contribution in [3.05, 3.63) is 53.6 Å². The van der Waals surface area contributed by atoms with Gasteiger partial charge in [0.25, 0.3) is 0 Å². The minimum atomic E-state index is -3.71. The normalized spacial score (nSPS) is 14.7. The first kappa shape index (κ1) is 21.1. The molecule has 0 aromatic heterocycles. The number of piperazine rings is 1. The van der Waals surface area contributed by atoms with Crippen LogP contribution in [0.3, 0.4) is 0 Å². The molecule has 29 heavy (non-hydrogen) atoms. The highest BCUT2D eigenvalue weighted by molar-refractivity contribution is 7.89. The maximum Gasteiger partial charge on any atom is 0.241 e. The van der Waals surface area contributed by atoms with Crippen LogP contribution in [0.2, 0.25) is 0 Å². The van der Waals surface area contributed by atoms with E-state index in [1.165, 1.54) is 0 Å². The Morgan fingerprint density at radius 2 is 1.66 bits per heavy atom. The van der Waals surface area contributed by atoms with Gasteiger partial charge in [-0.3, -0.25) is 4.79 Å². The zero-order valence-corrected chi connectivity index (χ0v) is 17.8. The minimum Gasteiger partial charge on any atom is -0.497 e. The zero-order chi connectivity index (χ0) is 21.0. The predicted molar refractivity (Wildman–Crippen MR) is 113 cm³/mol. The van der Waals surface area contributed by atoms with Gasteiger partial charge < -0.3 is 14.5 Å². The largest absolute Gasteiger partial charge is 0.497 e. The van der Waals surface area contributed by atoms with Crippen LogP contribution in [0.1, 0.15) is 11.1 Å². The zero-order valence-electron chi connectivity index (χ0n) is 17.0. The Morgan fingerprint density at radius 1 is 1.00 bits per heavy atom. The number of hydrogen-bond donors (Lipinski definition) is 1. The Bertz CT molecular complexity index is 966. The van der Waals surface area contributed by atoms with Crippen LogP contribution in [0.15, 0.2) is 47.4 Å². The topological polar surface area (TPSA) is 79.0 Å². The molecule has 1 N–H and O–H groups in total. The number of rotatable bonds is 6. The fraction of sp³-hybridized carbons (Fsp3) is 0.381. The summed E-state index contributed by atoms with van der Waals surface area (Å²) >= 11 is 0. The summed E-state index contributed by atoms with van der Waals surface area (Å²) in [5.41, 5.74) is 3.00. The summed E-state index contributed by atoms with van der Waals surface area (Å²) < 4.78 is 32.5. The van der Waals surface area contributed by atoms with Gasteiger partial charge in [-0.25, -0.2) is 13.1 Å². The van der Waals surface area contributed by atoms with Gasteiger partial charge in [0.2, 0.25) is 15.9 Å². The number of hydrogen-bond acceptors (Lipinski definition) is 5. The fourth-order valence-electron chi connectivity index (χ4n) is 3.24. The Hall–Kier alpha value is -2.58. The lowest BCUT2D eigenvalue weighted by Crippen LogP contribution is -2.51. The van der Waals surface area contributed by atoms with Gasteiger partial charge in [0, 0.05) is 31.9 Å². The van der Waals surface area contributed by atoms with Gasteiger partial charge in [0.1, 0.15) is 5.75 Å². The minimum absolute atomic E-state index is 0.178. The number of carbonyl (C=O) groups is 1. The van der Waals surface area contributed by atoms with Crippen LogP contribution in [0.25, 0.3) is 0 Å². The first-order valence-corrected chi connectivity index (χ1v) is 11.0. The smallest absolute Gasteiger partial charge is 0.241 e. The van der Waals surface area contributed by atoms with Crippen molar-refractivity contribution in [1.82, 2.24) is 9.62 Å². The molecule has 0 bridgehead atoms. The molecule has 1 amide bonds. The van der Waals surface area contributed by atoms with E-state index in [1.54, 1.807) is 30.2 Å². The molecule has 8 heteroatoms. The van der Waals surface area contributed by atoms with Gasteiger partial charge in [0.05, 0.1) is 18.6 Å². The van der Waals surface area contributed by atoms with Crippen LogP contribution in [-0.4, -0.2) is 59.1 Å². The summed E-state index contributed by atoms with van der Waals surface area (Å²) in [5.74, 6) is 0.588. The van der Waals surface area contributed by atoms with E-state index in [2.05, 4.69) is 9.62 Å². The summed E-state index contributed by atoms with van der Waals surface area (Å²) in [6.45, 7) is 6.05. The molecule has 1 heterocycles. The number of benzene rings is 2. The fourth-order valence-corrected chi connectivity index (χ4v) is 4.30. The van der Waals surface area contributed by atoms with Gasteiger partial charge in [-0.1, -0.05) is 6.07 Å². The van der Waals surface area contributed by atoms with E-state index in [9.17, 15) is 13.2 Å². The van der Waals surface area contributed by atoms with E-state index >= 15 is 0 Å². The number of sulfonamides is 1. The molecular weight excluding hydrogens is 390 g/mol. The van der Waals surface area contributed by atoms with Crippen molar-refractivity contribution in [3.63, 3.8) is 0 Å². The Labute approximate surface area is 172 Å². The molecule has 1 saturated heterocycles. The van der Waals surface area contributed by atoms with Crippen molar-refractivity contribution < 1.29 is 17.9 Å². The lowest BCUT2D eigenvalue weighted by molar-refractivity contribution is -0.130. The van der Waals surface area contributed by atoms with Crippen molar-refractivity contribution in [2.45, 2.75) is 18.7 Å². The molecule has 0 aliphatic carbocycles. The van der Waals surface area contributed by atoms with E-state index < -0.39 is 10.0 Å². The average molecular weight is 418 g/mol. The van der Waals surface area contributed by atoms with Gasteiger partial charge in [0.15, 0.2) is 0 Å². The Kier molecular flexibility index (Phi) is 6.44. The molecule has 2 aromatic rings. The second kappa shape index (κ2) is 8.84. The van der Waals surface area contributed by atoms with Crippen LogP contribution < -0.4 is 14.4 Å². The standard InChI is InChI=1S/C21H27N3O4S/c1-16-4-9-20(14-17(16)2)29(26,27)22-15-21(25)24-12-10-23(11-13-24)18-5-7-19(28-3)8-6-18/h4-9,14,22H,10-13,15H2,1-3H3. The number of nitrogens with zero attached hydrogens (tertiary/aromatic N) is 2. The van der Waals surface area contributed by atoms with Gasteiger partial charge in [-0.15, -0.1) is 0 Å². The van der Waals surface area contributed by atoms with Crippen LogP contribution in [-0.2, 0) is 14.8 Å². The number of amides is 1. The molecule has 0 saturated carbocycles. The van der Waals surface area contributed by atoms with Crippen molar-refractivity contribution in [2.75, 3.05) is 44.7 Å². The summed E-state index contributed by atoms with van der Waals surface area (Å²) in [6.07, 6.45) is 0. The van der Waals surface area contributed by atoms with Crippen LogP contribution >= 0.6 is 0 Å². The summed E-state index contributed by atoms with van der Waals surface area (Å²) in [5, 5.41) is 0. The van der Waals surface area contributed by atoms with E-state index in [4.69, 9.17) is 4.74 Å². The molecule has 2 aromatic carbocycles. The van der Waals surface area contributed by atoms with Crippen molar-refractivity contribution >= 4 is 21.6 Å². The van der Waals surface area contributed by atoms with E-state index in [0.717, 1.165) is 22.6 Å². The van der Waals surface area contributed by atoms with Crippen LogP contribution in [0.4, 0.5) is 5.69 Å². The molecule has 3 rings (SSSR count). The molecule has 1 fully saturated rings. The maximum absolute atomic E-state index is 12.5. The highest BCUT2D eigenvalue weighted by Crippen LogP contribution is 2.20. The molecule has 1 aliphatic rings. The first-order valence-electron chi connectivity index (χ1n) is 9.54. The third kappa shape index (κ3) is 5.07. The van der Waals surface area contributed by atoms with E-state index in [1.807, 2.05) is 38.1 Å². The Balaban J connectivity index is 1.53. The van der Waals surface area contributed by atoms with Crippen molar-refractivity contribution in [3.8, 4) is 5.75 Å². The lowest BCUT2D eigenvalue weighted by Gasteiger charge is -2.36. The van der Waals surface area contributed by atoms with Crippen LogP contribution in [0.5, 0.6) is 5.75 Å². The summed E-state index contributed by atoms with van der Waals surface area (Å²) in [4.78, 5) is 16.6. The molecule has 0 spiro atoms. The lowest BCUT2D eigenvalue weighted by atomic mass is 10.1. The van der Waals surface area contributed by atoms with E-state index in [0.29, 0.717) is 26.2 Å². The monoisotopic (exact) mass is 417 g/mol. The molecule has 7 nitrogen and oxygen atoms in total. The number of anilines is 1. The second-order valence-corrected chi connectivity index (χ2v) is 8.90. The molecular formula is C21H27N3O4S. The molecule has 156 valence electrons. The number of carbonyl (C=O) groups excluding carboxylic acids is 1. The quantitative estimate of drug-likeness (QED) is 0.777. The number of ether oxygens (including phenoxy) is 1. The van der Waals surface area contributed by atoms with Crippen LogP contribution in [0, 0.1) is 13.8 Å². The van der Waals surface area contributed by atoms with Crippen molar-refractivity contribution in [2.24, 2.45) is 0 Å². The molecule has 1 aliphatic heterocycles. The maximum atomic E-state index is 12.5. The molecule has 0 atom stereocenters. The van der Waals surface area contributed by atoms with Gasteiger partial charge >= 0.3 is 0 Å². The van der Waals surface area contributed by atoms with Gasteiger partial charge in [-0.05, 0) is 61.4 Å². The average Bonchev–Trinajstić information content (AvgIpc) is 2.74.